The molecular formula is C23H20ClN3O3. The van der Waals surface area contributed by atoms with E-state index in [2.05, 4.69) is 15.8 Å². The summed E-state index contributed by atoms with van der Waals surface area (Å²) in [5.41, 5.74) is 5.36. The van der Waals surface area contributed by atoms with Crippen molar-refractivity contribution in [2.45, 2.75) is 13.5 Å². The van der Waals surface area contributed by atoms with E-state index in [0.29, 0.717) is 28.6 Å². The molecule has 0 unspecified atom stereocenters. The van der Waals surface area contributed by atoms with Crippen LogP contribution < -0.4 is 15.5 Å². The van der Waals surface area contributed by atoms with Gasteiger partial charge in [0, 0.05) is 16.3 Å². The van der Waals surface area contributed by atoms with Crippen molar-refractivity contribution in [3.05, 3.63) is 94.5 Å². The fraction of sp³-hybridized carbons (Fsp3) is 0.0870. The topological polar surface area (TPSA) is 79.8 Å². The number of aryl methyl sites for hydroxylation is 1. The van der Waals surface area contributed by atoms with Gasteiger partial charge in [-0.3, -0.25) is 9.59 Å². The van der Waals surface area contributed by atoms with E-state index >= 15 is 0 Å². The molecule has 7 heteroatoms. The monoisotopic (exact) mass is 421 g/mol. The van der Waals surface area contributed by atoms with E-state index in [0.717, 1.165) is 11.1 Å². The molecule has 0 radical (unpaired) electrons. The zero-order valence-corrected chi connectivity index (χ0v) is 17.0. The van der Waals surface area contributed by atoms with E-state index < -0.39 is 11.8 Å². The van der Waals surface area contributed by atoms with Crippen LogP contribution in [0.4, 0.5) is 5.69 Å². The molecule has 6 nitrogen and oxygen atoms in total. The number of hydrogen-bond donors (Lipinski definition) is 2. The van der Waals surface area contributed by atoms with Crippen LogP contribution in [0.2, 0.25) is 5.02 Å². The van der Waals surface area contributed by atoms with Crippen molar-refractivity contribution in [3.63, 3.8) is 0 Å². The zero-order valence-electron chi connectivity index (χ0n) is 16.3. The van der Waals surface area contributed by atoms with Gasteiger partial charge < -0.3 is 10.1 Å². The average Bonchev–Trinajstić information content (AvgIpc) is 2.74. The van der Waals surface area contributed by atoms with E-state index in [1.807, 2.05) is 37.3 Å². The Morgan fingerprint density at radius 1 is 1.00 bits per heavy atom. The summed E-state index contributed by atoms with van der Waals surface area (Å²) in [7, 11) is 0. The van der Waals surface area contributed by atoms with E-state index in [1.165, 1.54) is 6.21 Å². The van der Waals surface area contributed by atoms with Crippen LogP contribution in [0.5, 0.6) is 5.75 Å². The van der Waals surface area contributed by atoms with Gasteiger partial charge in [-0.1, -0.05) is 48.0 Å². The molecule has 0 aliphatic heterocycles. The number of nitrogens with zero attached hydrogens (tertiary/aromatic N) is 1. The number of hydrazone groups is 1. The molecule has 0 atom stereocenters. The van der Waals surface area contributed by atoms with Crippen molar-refractivity contribution < 1.29 is 14.3 Å². The molecule has 30 heavy (non-hydrogen) atoms. The summed E-state index contributed by atoms with van der Waals surface area (Å²) in [6.07, 6.45) is 1.43. The lowest BCUT2D eigenvalue weighted by atomic mass is 10.2. The molecule has 152 valence electrons. The highest BCUT2D eigenvalue weighted by Crippen LogP contribution is 2.18. The van der Waals surface area contributed by atoms with Crippen molar-refractivity contribution in [2.24, 2.45) is 5.10 Å². The number of para-hydroxylation sites is 1. The van der Waals surface area contributed by atoms with E-state index in [9.17, 15) is 9.59 Å². The lowest BCUT2D eigenvalue weighted by Crippen LogP contribution is -2.32. The highest BCUT2D eigenvalue weighted by molar-refractivity contribution is 6.39. The summed E-state index contributed by atoms with van der Waals surface area (Å²) in [5.74, 6) is -1.08. The quantitative estimate of drug-likeness (QED) is 0.353. The van der Waals surface area contributed by atoms with Gasteiger partial charge in [0.25, 0.3) is 0 Å². The van der Waals surface area contributed by atoms with Gasteiger partial charge in [0.1, 0.15) is 12.4 Å². The first-order chi connectivity index (χ1) is 14.5. The lowest BCUT2D eigenvalue weighted by Gasteiger charge is -2.09. The molecule has 2 amide bonds. The van der Waals surface area contributed by atoms with Crippen LogP contribution in [0.3, 0.4) is 0 Å². The Bertz CT molecular complexity index is 1070. The van der Waals surface area contributed by atoms with Crippen molar-refractivity contribution in [1.29, 1.82) is 0 Å². The third-order valence-electron chi connectivity index (χ3n) is 4.08. The molecule has 0 aliphatic carbocycles. The molecule has 0 saturated carbocycles. The van der Waals surface area contributed by atoms with E-state index in [4.69, 9.17) is 16.3 Å². The fourth-order valence-electron chi connectivity index (χ4n) is 2.58. The molecule has 3 aromatic carbocycles. The second kappa shape index (κ2) is 10.2. The lowest BCUT2D eigenvalue weighted by molar-refractivity contribution is -0.136. The largest absolute Gasteiger partial charge is 0.488 e. The van der Waals surface area contributed by atoms with Gasteiger partial charge >= 0.3 is 11.8 Å². The number of ether oxygens (including phenoxy) is 1. The number of benzene rings is 3. The minimum absolute atomic E-state index is 0.354. The van der Waals surface area contributed by atoms with Crippen LogP contribution in [0.1, 0.15) is 16.7 Å². The summed E-state index contributed by atoms with van der Waals surface area (Å²) >= 11 is 5.89. The summed E-state index contributed by atoms with van der Waals surface area (Å²) in [5, 5.41) is 7.05. The maximum Gasteiger partial charge on any atom is 0.329 e. The normalized spacial score (nSPS) is 10.6. The first kappa shape index (κ1) is 21.1. The van der Waals surface area contributed by atoms with E-state index in [1.54, 1.807) is 42.5 Å². The van der Waals surface area contributed by atoms with Gasteiger partial charge in [-0.15, -0.1) is 0 Å². The average molecular weight is 422 g/mol. The molecule has 0 heterocycles. The van der Waals surface area contributed by atoms with Crippen molar-refractivity contribution in [1.82, 2.24) is 5.43 Å². The van der Waals surface area contributed by atoms with Crippen LogP contribution in [-0.4, -0.2) is 18.0 Å². The Morgan fingerprint density at radius 3 is 2.53 bits per heavy atom. The number of halogens is 1. The number of amides is 2. The number of hydrogen-bond acceptors (Lipinski definition) is 4. The second-order valence-electron chi connectivity index (χ2n) is 6.48. The Labute approximate surface area is 179 Å². The van der Waals surface area contributed by atoms with Gasteiger partial charge in [-0.05, 0) is 54.4 Å². The fourth-order valence-corrected chi connectivity index (χ4v) is 2.71. The van der Waals surface area contributed by atoms with Crippen molar-refractivity contribution in [3.8, 4) is 5.75 Å². The molecule has 3 rings (SSSR count). The molecular weight excluding hydrogens is 402 g/mol. The summed E-state index contributed by atoms with van der Waals surface area (Å²) in [4.78, 5) is 24.0. The van der Waals surface area contributed by atoms with Crippen LogP contribution >= 0.6 is 11.6 Å². The van der Waals surface area contributed by atoms with Crippen molar-refractivity contribution in [2.75, 3.05) is 5.32 Å². The van der Waals surface area contributed by atoms with Crippen LogP contribution in [0.25, 0.3) is 0 Å². The third-order valence-corrected chi connectivity index (χ3v) is 4.33. The van der Waals surface area contributed by atoms with Gasteiger partial charge in [0.15, 0.2) is 0 Å². The van der Waals surface area contributed by atoms with Gasteiger partial charge in [-0.25, -0.2) is 5.43 Å². The van der Waals surface area contributed by atoms with Crippen LogP contribution in [0.15, 0.2) is 77.9 Å². The minimum Gasteiger partial charge on any atom is -0.488 e. The van der Waals surface area contributed by atoms with E-state index in [-0.39, 0.29) is 0 Å². The number of anilines is 1. The molecule has 0 aromatic heterocycles. The van der Waals surface area contributed by atoms with Crippen molar-refractivity contribution >= 4 is 35.3 Å². The van der Waals surface area contributed by atoms with Crippen LogP contribution in [0, 0.1) is 6.92 Å². The Kier molecular flexibility index (Phi) is 7.19. The number of nitrogens with one attached hydrogen (secondary N) is 2. The second-order valence-corrected chi connectivity index (χ2v) is 6.91. The molecule has 0 aliphatic rings. The minimum atomic E-state index is -0.868. The molecule has 2 N–H and O–H groups in total. The first-order valence-corrected chi connectivity index (χ1v) is 9.56. The third kappa shape index (κ3) is 6.18. The van der Waals surface area contributed by atoms with Gasteiger partial charge in [0.05, 0.1) is 6.21 Å². The zero-order chi connectivity index (χ0) is 21.3. The molecule has 3 aromatic rings. The predicted molar refractivity (Wildman–Crippen MR) is 118 cm³/mol. The molecule has 0 spiro atoms. The molecule has 0 fully saturated rings. The van der Waals surface area contributed by atoms with Gasteiger partial charge in [-0.2, -0.15) is 5.10 Å². The summed E-state index contributed by atoms with van der Waals surface area (Å²) < 4.78 is 5.83. The Morgan fingerprint density at radius 2 is 1.77 bits per heavy atom. The first-order valence-electron chi connectivity index (χ1n) is 9.18. The molecule has 0 saturated heterocycles. The van der Waals surface area contributed by atoms with Gasteiger partial charge in [0.2, 0.25) is 0 Å². The predicted octanol–water partition coefficient (Wildman–Crippen LogP) is 4.32. The standard InChI is InChI=1S/C23H20ClN3O3/c1-16-5-4-7-20(13-16)26-22(28)23(29)27-25-14-18-6-2-3-8-21(18)30-15-17-9-11-19(24)12-10-17/h2-14H,15H2,1H3,(H,26,28)(H,27,29)/b25-14-. The van der Waals surface area contributed by atoms with Crippen LogP contribution in [-0.2, 0) is 16.2 Å². The molecule has 0 bridgehead atoms. The maximum absolute atomic E-state index is 12.0. The SMILES string of the molecule is Cc1cccc(NC(=O)C(=O)N/N=C\c2ccccc2OCc2ccc(Cl)cc2)c1. The maximum atomic E-state index is 12.0. The smallest absolute Gasteiger partial charge is 0.329 e. The summed E-state index contributed by atoms with van der Waals surface area (Å²) in [6, 6.07) is 21.8. The highest BCUT2D eigenvalue weighted by atomic mass is 35.5. The Hall–Kier alpha value is -3.64. The number of carbonyl (C=O) groups is 2. The highest BCUT2D eigenvalue weighted by Gasteiger charge is 2.13. The summed E-state index contributed by atoms with van der Waals surface area (Å²) in [6.45, 7) is 2.25. The number of carbonyl (C=O) groups excluding carboxylic acids is 2. The number of rotatable bonds is 6. The Balaban J connectivity index is 1.57.